The number of fused-ring (bicyclic) bond motifs is 9. The van der Waals surface area contributed by atoms with E-state index in [-0.39, 0.29) is 0 Å². The highest BCUT2D eigenvalue weighted by molar-refractivity contribution is 6.16. The fourth-order valence-electron chi connectivity index (χ4n) is 9.80. The molecule has 0 fully saturated rings. The van der Waals surface area contributed by atoms with Gasteiger partial charge in [0.05, 0.1) is 27.8 Å². The van der Waals surface area contributed by atoms with Crippen molar-refractivity contribution in [3.05, 3.63) is 212 Å². The second-order valence-corrected chi connectivity index (χ2v) is 16.0. The highest BCUT2D eigenvalue weighted by atomic mass is 15.1. The van der Waals surface area contributed by atoms with Crippen molar-refractivity contribution < 1.29 is 0 Å². The van der Waals surface area contributed by atoms with Gasteiger partial charge in [0.25, 0.3) is 0 Å². The Kier molecular flexibility index (Phi) is 7.54. The molecule has 13 rings (SSSR count). The van der Waals surface area contributed by atoms with Crippen LogP contribution in [0.25, 0.3) is 121 Å². The summed E-state index contributed by atoms with van der Waals surface area (Å²) in [5.74, 6) is 1.86. The van der Waals surface area contributed by atoms with Crippen molar-refractivity contribution in [3.63, 3.8) is 0 Å². The number of nitrogens with zero attached hydrogens (tertiary/aromatic N) is 5. The lowest BCUT2D eigenvalue weighted by molar-refractivity contribution is 1.08. The summed E-state index contributed by atoms with van der Waals surface area (Å²) in [6, 6.07) is 75.6. The van der Waals surface area contributed by atoms with E-state index >= 15 is 0 Å². The van der Waals surface area contributed by atoms with Gasteiger partial charge in [-0.1, -0.05) is 164 Å². The van der Waals surface area contributed by atoms with Gasteiger partial charge in [-0.3, -0.25) is 0 Å². The Labute approximate surface area is 356 Å². The van der Waals surface area contributed by atoms with Crippen LogP contribution in [0, 0.1) is 0 Å². The third-order valence-corrected chi connectivity index (χ3v) is 12.5. The van der Waals surface area contributed by atoms with Gasteiger partial charge in [0.2, 0.25) is 0 Å². The SMILES string of the molecule is c1ccc(-n2c3ccccc3c3cccc(-c4nc(-c5cccc6ccccc56)nc(-c5cccc6c(-n7c8ccccc8c8cc9ccccc9cc87)cccc56)n4)c32)cc1. The number of para-hydroxylation sites is 4. The van der Waals surface area contributed by atoms with Crippen molar-refractivity contribution in [2.75, 3.05) is 0 Å². The minimum atomic E-state index is 0.617. The van der Waals surface area contributed by atoms with Gasteiger partial charge in [0.1, 0.15) is 0 Å². The molecule has 3 aromatic heterocycles. The lowest BCUT2D eigenvalue weighted by Crippen LogP contribution is -2.03. The first kappa shape index (κ1) is 34.5. The first-order valence-corrected chi connectivity index (χ1v) is 21.0. The molecule has 0 aliphatic carbocycles. The van der Waals surface area contributed by atoms with Gasteiger partial charge in [-0.15, -0.1) is 0 Å². The summed E-state index contributed by atoms with van der Waals surface area (Å²) in [7, 11) is 0. The van der Waals surface area contributed by atoms with Crippen LogP contribution in [0.4, 0.5) is 0 Å². The van der Waals surface area contributed by atoms with Crippen LogP contribution in [-0.2, 0) is 0 Å². The predicted molar refractivity (Wildman–Crippen MR) is 257 cm³/mol. The van der Waals surface area contributed by atoms with Crippen LogP contribution in [0.5, 0.6) is 0 Å². The van der Waals surface area contributed by atoms with E-state index in [9.17, 15) is 0 Å². The van der Waals surface area contributed by atoms with Crippen LogP contribution >= 0.6 is 0 Å². The Balaban J connectivity index is 1.10. The molecule has 0 spiro atoms. The molecule has 0 radical (unpaired) electrons. The monoisotopic (exact) mass is 789 g/mol. The van der Waals surface area contributed by atoms with E-state index in [0.29, 0.717) is 17.5 Å². The van der Waals surface area contributed by atoms with Crippen LogP contribution in [0.2, 0.25) is 0 Å². The first-order valence-electron chi connectivity index (χ1n) is 21.0. The standard InChI is InChI=1S/C57H35N5/c1-2-20-39(21-3-1)61-50-31-10-8-23-43(50)45-27-14-30-48(54(45)61)57-59-55(46-28-12-19-36-16-6-7-22-40(36)46)58-56(60-57)47-29-13-26-42-41(47)25-15-33-52(42)62-51-32-11-9-24-44(51)49-34-37-17-4-5-18-38(37)35-53(49)62/h1-35H. The maximum atomic E-state index is 5.47. The minimum Gasteiger partial charge on any atom is -0.309 e. The number of benzene rings is 10. The molecule has 3 heterocycles. The lowest BCUT2D eigenvalue weighted by atomic mass is 10.0. The molecule has 10 aromatic carbocycles. The van der Waals surface area contributed by atoms with Crippen molar-refractivity contribution in [1.29, 1.82) is 0 Å². The van der Waals surface area contributed by atoms with Gasteiger partial charge in [0, 0.05) is 49.3 Å². The zero-order chi connectivity index (χ0) is 40.7. The topological polar surface area (TPSA) is 48.5 Å². The zero-order valence-electron chi connectivity index (χ0n) is 33.4. The highest BCUT2D eigenvalue weighted by Gasteiger charge is 2.22. The van der Waals surface area contributed by atoms with E-state index in [1.165, 1.54) is 38.0 Å². The Morgan fingerprint density at radius 1 is 0.274 bits per heavy atom. The van der Waals surface area contributed by atoms with Crippen molar-refractivity contribution in [2.24, 2.45) is 0 Å². The molecule has 288 valence electrons. The summed E-state index contributed by atoms with van der Waals surface area (Å²) in [5.41, 5.74) is 9.54. The molecule has 5 nitrogen and oxygen atoms in total. The predicted octanol–water partition coefficient (Wildman–Crippen LogP) is 14.5. The summed E-state index contributed by atoms with van der Waals surface area (Å²) in [5, 5.41) is 11.6. The van der Waals surface area contributed by atoms with E-state index in [1.807, 2.05) is 0 Å². The summed E-state index contributed by atoms with van der Waals surface area (Å²) < 4.78 is 4.77. The van der Waals surface area contributed by atoms with Crippen molar-refractivity contribution in [3.8, 4) is 45.5 Å². The fourth-order valence-corrected chi connectivity index (χ4v) is 9.80. The van der Waals surface area contributed by atoms with Gasteiger partial charge >= 0.3 is 0 Å². The quantitative estimate of drug-likeness (QED) is 0.174. The molecule has 0 N–H and O–H groups in total. The molecular weight excluding hydrogens is 755 g/mol. The highest BCUT2D eigenvalue weighted by Crippen LogP contribution is 2.41. The molecule has 5 heteroatoms. The molecule has 0 amide bonds. The van der Waals surface area contributed by atoms with Crippen molar-refractivity contribution in [2.45, 2.75) is 0 Å². The Bertz CT molecular complexity index is 3930. The molecule has 0 saturated carbocycles. The van der Waals surface area contributed by atoms with Gasteiger partial charge in [-0.05, 0) is 75.5 Å². The summed E-state index contributed by atoms with van der Waals surface area (Å²) >= 11 is 0. The molecule has 0 aliphatic heterocycles. The lowest BCUT2D eigenvalue weighted by Gasteiger charge is -2.15. The minimum absolute atomic E-state index is 0.617. The normalized spacial score (nSPS) is 11.9. The van der Waals surface area contributed by atoms with Crippen LogP contribution < -0.4 is 0 Å². The Morgan fingerprint density at radius 2 is 0.758 bits per heavy atom. The third kappa shape index (κ3) is 5.18. The first-order chi connectivity index (χ1) is 30.8. The summed E-state index contributed by atoms with van der Waals surface area (Å²) in [4.78, 5) is 16.3. The molecular formula is C57H35N5. The number of hydrogen-bond donors (Lipinski definition) is 0. The molecule has 0 atom stereocenters. The van der Waals surface area contributed by atoms with Crippen molar-refractivity contribution >= 4 is 75.9 Å². The van der Waals surface area contributed by atoms with Gasteiger partial charge < -0.3 is 9.13 Å². The largest absolute Gasteiger partial charge is 0.309 e. The maximum Gasteiger partial charge on any atom is 0.166 e. The Hall–Kier alpha value is -8.41. The van der Waals surface area contributed by atoms with Crippen molar-refractivity contribution in [1.82, 2.24) is 24.1 Å². The maximum absolute atomic E-state index is 5.47. The van der Waals surface area contributed by atoms with Crippen LogP contribution in [0.1, 0.15) is 0 Å². The van der Waals surface area contributed by atoms with Gasteiger partial charge in [-0.2, -0.15) is 0 Å². The van der Waals surface area contributed by atoms with Crippen LogP contribution in [-0.4, -0.2) is 24.1 Å². The molecule has 0 saturated heterocycles. The smallest absolute Gasteiger partial charge is 0.166 e. The molecule has 0 unspecified atom stereocenters. The average molecular weight is 790 g/mol. The average Bonchev–Trinajstić information content (AvgIpc) is 3.85. The molecule has 0 bridgehead atoms. The van der Waals surface area contributed by atoms with Crippen LogP contribution in [0.15, 0.2) is 212 Å². The summed E-state index contributed by atoms with van der Waals surface area (Å²) in [6.07, 6.45) is 0. The zero-order valence-corrected chi connectivity index (χ0v) is 33.4. The van der Waals surface area contributed by atoms with Gasteiger partial charge in [0.15, 0.2) is 17.5 Å². The third-order valence-electron chi connectivity index (χ3n) is 12.5. The molecule has 62 heavy (non-hydrogen) atoms. The van der Waals surface area contributed by atoms with Gasteiger partial charge in [-0.25, -0.2) is 15.0 Å². The van der Waals surface area contributed by atoms with E-state index in [4.69, 9.17) is 15.0 Å². The number of hydrogen-bond acceptors (Lipinski definition) is 3. The molecule has 0 aliphatic rings. The fraction of sp³-hybridized carbons (Fsp3) is 0. The second kappa shape index (κ2) is 13.6. The Morgan fingerprint density at radius 3 is 1.52 bits per heavy atom. The second-order valence-electron chi connectivity index (χ2n) is 16.0. The number of aromatic nitrogens is 5. The van der Waals surface area contributed by atoms with E-state index in [2.05, 4.69) is 221 Å². The van der Waals surface area contributed by atoms with Crippen LogP contribution in [0.3, 0.4) is 0 Å². The van der Waals surface area contributed by atoms with E-state index in [1.54, 1.807) is 0 Å². The van der Waals surface area contributed by atoms with E-state index in [0.717, 1.165) is 66.0 Å². The summed E-state index contributed by atoms with van der Waals surface area (Å²) in [6.45, 7) is 0. The molecule has 13 aromatic rings. The van der Waals surface area contributed by atoms with E-state index < -0.39 is 0 Å². The number of rotatable bonds is 5.